The molecule has 3 fully saturated rings. The van der Waals surface area contributed by atoms with Gasteiger partial charge in [-0.25, -0.2) is 19.3 Å². The summed E-state index contributed by atoms with van der Waals surface area (Å²) >= 11 is 4.63. The normalized spacial score (nSPS) is 15.5. The molecule has 3 aliphatic heterocycles. The van der Waals surface area contributed by atoms with Crippen molar-refractivity contribution in [2.45, 2.75) is 216 Å². The molecule has 0 unspecified atom stereocenters. The molecule has 13 aromatic rings. The number of nitrogens with two attached hydrogens (primary N) is 1. The molecule has 9 aromatic carbocycles. The molecule has 0 atom stereocenters. The third-order valence-electron chi connectivity index (χ3n) is 24.4. The smallest absolute Gasteiger partial charge is 0.495 e. The molecule has 692 valence electrons. The van der Waals surface area contributed by atoms with Gasteiger partial charge in [-0.1, -0.05) is 112 Å². The molecule has 0 bridgehead atoms. The number of nitrogens with zero attached hydrogens (tertiary/aromatic N) is 7. The topological polar surface area (TPSA) is 282 Å². The molecule has 0 amide bonds. The Labute approximate surface area is 797 Å². The Morgan fingerprint density at radius 2 is 0.831 bits per heavy atom. The Bertz CT molecular complexity index is 5850. The van der Waals surface area contributed by atoms with Gasteiger partial charge in [-0.05, 0) is 300 Å². The molecule has 130 heavy (non-hydrogen) atoms. The number of fused-ring (bicyclic) bond motifs is 4. The largest absolute Gasteiger partial charge is 0.497 e. The number of rotatable bonds is 21. The summed E-state index contributed by atoms with van der Waals surface area (Å²) in [6, 6.07) is 59.7. The SMILES string of the molecule is CC1(C)OB(B2OC(C)(C)C(C)(C)O2)OC1(C)C.COc1cccc(-c2ccc3c(c2)c(-c2nc4ccccc4[nH]2)nn3COCC[Si](C)(C)C)c1C.COc1cccc(B2OC(C)(C)C(C)(C)O2)c1C.COc1cccc(I)c1C.COc1cccc(N)c1C.COc1cccc([N+](=O)[O-])c1C.C[Si](C)(C)CCOCn1nc(-c2nc3ccccc3[nH]2)c2cc(I)ccc21. The summed E-state index contributed by atoms with van der Waals surface area (Å²) in [7, 11) is 4.68. The molecule has 3 aliphatic rings. The first-order valence-corrected chi connectivity index (χ1v) is 53.2. The first-order valence-electron chi connectivity index (χ1n) is 43.6. The summed E-state index contributed by atoms with van der Waals surface area (Å²) in [6.07, 6.45) is 0. The van der Waals surface area contributed by atoms with Crippen LogP contribution in [-0.2, 0) is 50.9 Å². The molecule has 0 spiro atoms. The molecular weight excluding hydrogens is 1900 g/mol. The summed E-state index contributed by atoms with van der Waals surface area (Å²) < 4.78 is 80.3. The van der Waals surface area contributed by atoms with Crippen LogP contribution in [0.4, 0.5) is 11.4 Å². The van der Waals surface area contributed by atoms with E-state index in [9.17, 15) is 10.1 Å². The highest BCUT2D eigenvalue weighted by molar-refractivity contribution is 14.1. The van der Waals surface area contributed by atoms with Crippen molar-refractivity contribution in [3.05, 3.63) is 221 Å². The van der Waals surface area contributed by atoms with Crippen LogP contribution in [0.3, 0.4) is 0 Å². The lowest BCUT2D eigenvalue weighted by Crippen LogP contribution is -2.41. The van der Waals surface area contributed by atoms with Gasteiger partial charge in [0.15, 0.2) is 11.6 Å². The van der Waals surface area contributed by atoms with Crippen LogP contribution in [0.25, 0.3) is 78.0 Å². The summed E-state index contributed by atoms with van der Waals surface area (Å²) in [4.78, 5) is 26.4. The first kappa shape index (κ1) is 103. The Hall–Kier alpha value is -9.17. The second-order valence-electron chi connectivity index (χ2n) is 37.7. The lowest BCUT2D eigenvalue weighted by Gasteiger charge is -2.32. The maximum absolute atomic E-state index is 10.4. The predicted octanol–water partition coefficient (Wildman–Crippen LogP) is 23.0. The lowest BCUT2D eigenvalue weighted by molar-refractivity contribution is -0.385. The number of hydrogen-bond donors (Lipinski definition) is 3. The summed E-state index contributed by atoms with van der Waals surface area (Å²) in [5, 5.41) is 22.4. The van der Waals surface area contributed by atoms with E-state index in [-0.39, 0.29) is 46.4 Å². The average molecular weight is 2030 g/mol. The number of methoxy groups -OCH3 is 5. The van der Waals surface area contributed by atoms with Crippen LogP contribution in [0.5, 0.6) is 28.7 Å². The van der Waals surface area contributed by atoms with Crippen LogP contribution in [0.1, 0.15) is 111 Å². The number of para-hydroxylation sites is 4. The van der Waals surface area contributed by atoms with E-state index in [2.05, 4.69) is 185 Å². The molecule has 0 radical (unpaired) electrons. The van der Waals surface area contributed by atoms with Gasteiger partial charge in [-0.15, -0.1) is 0 Å². The van der Waals surface area contributed by atoms with Crippen LogP contribution in [-0.4, -0.2) is 164 Å². The van der Waals surface area contributed by atoms with Gasteiger partial charge in [0.25, 0.3) is 5.69 Å². The van der Waals surface area contributed by atoms with E-state index in [1.54, 1.807) is 47.5 Å². The van der Waals surface area contributed by atoms with Gasteiger partial charge in [0.05, 0.1) is 113 Å². The summed E-state index contributed by atoms with van der Waals surface area (Å²) in [6.45, 7) is 50.8. The van der Waals surface area contributed by atoms with Crippen molar-refractivity contribution < 1.29 is 66.0 Å². The second-order valence-corrected chi connectivity index (χ2v) is 51.4. The number of imidazole rings is 2. The number of anilines is 1. The van der Waals surface area contributed by atoms with Crippen LogP contribution < -0.4 is 34.9 Å². The third-order valence-corrected chi connectivity index (χ3v) is 29.6. The van der Waals surface area contributed by atoms with Crippen molar-refractivity contribution in [3.63, 3.8) is 0 Å². The van der Waals surface area contributed by atoms with Crippen LogP contribution in [0.2, 0.25) is 51.4 Å². The number of halogens is 2. The second kappa shape index (κ2) is 43.2. The number of H-pyrrole nitrogens is 2. The molecule has 32 heteroatoms. The fourth-order valence-corrected chi connectivity index (χ4v) is 16.6. The van der Waals surface area contributed by atoms with Crippen LogP contribution >= 0.6 is 45.2 Å². The van der Waals surface area contributed by atoms with Gasteiger partial charge >= 0.3 is 21.1 Å². The van der Waals surface area contributed by atoms with E-state index in [0.29, 0.717) is 24.8 Å². The molecule has 4 aromatic heterocycles. The van der Waals surface area contributed by atoms with Crippen molar-refractivity contribution in [1.82, 2.24) is 39.5 Å². The molecule has 0 aliphatic carbocycles. The van der Waals surface area contributed by atoms with Crippen molar-refractivity contribution in [1.29, 1.82) is 0 Å². The highest BCUT2D eigenvalue weighted by Gasteiger charge is 2.64. The van der Waals surface area contributed by atoms with Crippen molar-refractivity contribution in [3.8, 4) is 62.9 Å². The van der Waals surface area contributed by atoms with E-state index in [1.165, 1.54) is 25.9 Å². The van der Waals surface area contributed by atoms with Crippen molar-refractivity contribution in [2.75, 3.05) is 54.5 Å². The van der Waals surface area contributed by atoms with Crippen LogP contribution in [0.15, 0.2) is 176 Å². The molecule has 25 nitrogen and oxygen atoms in total. The lowest BCUT2D eigenvalue weighted by atomic mass is 9.49. The van der Waals surface area contributed by atoms with Crippen molar-refractivity contribution in [2.24, 2.45) is 0 Å². The third kappa shape index (κ3) is 25.2. The molecule has 3 saturated heterocycles. The number of nitrogen functional groups attached to an aromatic ring is 1. The maximum atomic E-state index is 10.4. The minimum atomic E-state index is -1.15. The quantitative estimate of drug-likeness (QED) is 0.0150. The zero-order chi connectivity index (χ0) is 95.4. The maximum Gasteiger partial charge on any atom is 0.495 e. The van der Waals surface area contributed by atoms with Gasteiger partial charge in [0, 0.05) is 70.2 Å². The number of ether oxygens (including phenoxy) is 7. The van der Waals surface area contributed by atoms with E-state index in [4.69, 9.17) is 87.0 Å². The minimum Gasteiger partial charge on any atom is -0.497 e. The number of aromatic nitrogens is 8. The number of benzene rings is 9. The Morgan fingerprint density at radius 3 is 1.26 bits per heavy atom. The molecule has 4 N–H and O–H groups in total. The van der Waals surface area contributed by atoms with E-state index in [1.807, 2.05) is 188 Å². The first-order chi connectivity index (χ1) is 61.1. The molecule has 0 saturated carbocycles. The zero-order valence-corrected chi connectivity index (χ0v) is 87.1. The zero-order valence-electron chi connectivity index (χ0n) is 80.8. The van der Waals surface area contributed by atoms with Crippen molar-refractivity contribution >= 4 is 143 Å². The molecular formula is C98H129B3I2N10O15Si2. The van der Waals surface area contributed by atoms with Crippen LogP contribution in [0, 0.1) is 51.9 Å². The number of aromatic amines is 2. The monoisotopic (exact) mass is 2030 g/mol. The highest BCUT2D eigenvalue weighted by Crippen LogP contribution is 2.45. The summed E-state index contributed by atoms with van der Waals surface area (Å²) in [5.74, 6) is 5.66. The Balaban J connectivity index is 0.000000165. The Morgan fingerprint density at radius 1 is 0.446 bits per heavy atom. The fourth-order valence-electron chi connectivity index (χ4n) is 14.1. The number of hydrogen-bond acceptors (Lipinski definition) is 20. The number of nitrogens with one attached hydrogen (secondary N) is 2. The van der Waals surface area contributed by atoms with E-state index < -0.39 is 35.1 Å². The number of nitro benzene ring substituents is 1. The molecule has 7 heterocycles. The predicted molar refractivity (Wildman–Crippen MR) is 550 cm³/mol. The summed E-state index contributed by atoms with van der Waals surface area (Å²) in [5.41, 5.74) is 20.4. The molecule has 16 rings (SSSR count). The van der Waals surface area contributed by atoms with Gasteiger partial charge in [-0.3, -0.25) is 10.1 Å². The van der Waals surface area contributed by atoms with Gasteiger partial charge < -0.3 is 76.8 Å². The standard InChI is InChI=1S/C28H32N4O2Si.C20H23IN4OSi.C14H21BO3.C12H24B2O4.C8H9IO.C8H9NO3.C8H11NO/c1-19-21(9-8-12-26(19)33-2)20-13-14-25-22(17-20)27(28-29-23-10-6-7-11-24(23)30-28)31-32(25)18-34-15-16-35(3,4)5;1-27(2,3)11-10-26-13-25-18-9-8-14(21)12-15(18)19(24-25)20-22-16-6-4-5-7-17(16)23-20;1-10-11(8-7-9-12(10)16-6)15-17-13(2,3)14(4,5)18-15;1-9(2)10(3,4)16-13(15-9)14-17-11(5,6)12(7,8)18-14;1-6-7(9)4-3-5-8(6)10-2;1-6-7(9(10)11)4-3-5-8(6)12-2;1-6-7(9)4-3-5-8(6)10-2/h6-14,17H,15-16,18H2,1-5H3,(H,29,30);4-9,12H,10-11,13H2,1-3H3,(H,22,23);7-9H,1-6H3;1-8H3;3-5H,1-2H3;3-5H,1-2H3;3-5H,9H2,1-2H3. The highest BCUT2D eigenvalue weighted by atomic mass is 127. The van der Waals surface area contributed by atoms with Gasteiger partial charge in [-0.2, -0.15) is 10.2 Å². The van der Waals surface area contributed by atoms with E-state index in [0.717, 1.165) is 154 Å². The van der Waals surface area contributed by atoms with Gasteiger partial charge in [0.1, 0.15) is 53.6 Å². The van der Waals surface area contributed by atoms with E-state index >= 15 is 0 Å². The average Bonchev–Trinajstić information content (AvgIpc) is 1.61. The van der Waals surface area contributed by atoms with Gasteiger partial charge in [0.2, 0.25) is 0 Å². The fraction of sp³-hybridized carbons (Fsp3) is 0.408. The minimum absolute atomic E-state index is 0.0920. The Kier molecular flexibility index (Phi) is 34.2. The number of nitro groups is 1.